The van der Waals surface area contributed by atoms with Crippen LogP contribution in [-0.4, -0.2) is 66.7 Å². The predicted octanol–water partition coefficient (Wildman–Crippen LogP) is 2.09. The van der Waals surface area contributed by atoms with Crippen molar-refractivity contribution in [2.45, 2.75) is 48.6 Å². The molecule has 0 unspecified atom stereocenters. The summed E-state index contributed by atoms with van der Waals surface area (Å²) in [6, 6.07) is 4.85. The minimum absolute atomic E-state index is 0.0403. The van der Waals surface area contributed by atoms with Gasteiger partial charge in [0, 0.05) is 42.7 Å². The lowest BCUT2D eigenvalue weighted by molar-refractivity contribution is -0.0610. The second-order valence-electron chi connectivity index (χ2n) is 9.72. The summed E-state index contributed by atoms with van der Waals surface area (Å²) in [5.74, 6) is 1.98. The Bertz CT molecular complexity index is 1110. The van der Waals surface area contributed by atoms with Gasteiger partial charge in [-0.3, -0.25) is 9.58 Å². The number of sulfone groups is 1. The Balaban J connectivity index is 1.33. The number of fused-ring (bicyclic) bond motifs is 1. The minimum Gasteiger partial charge on any atom is -0.383 e. The fourth-order valence-corrected chi connectivity index (χ4v) is 6.64. The van der Waals surface area contributed by atoms with E-state index in [1.54, 1.807) is 12.3 Å². The van der Waals surface area contributed by atoms with Crippen molar-refractivity contribution < 1.29 is 13.2 Å². The number of anilines is 1. The van der Waals surface area contributed by atoms with Crippen LogP contribution in [0.3, 0.4) is 0 Å². The summed E-state index contributed by atoms with van der Waals surface area (Å²) in [7, 11) is -3.45. The molecule has 2 aromatic rings. The molecule has 6 rings (SSSR count). The van der Waals surface area contributed by atoms with Crippen molar-refractivity contribution >= 4 is 15.7 Å². The van der Waals surface area contributed by atoms with Gasteiger partial charge in [0.2, 0.25) is 0 Å². The van der Waals surface area contributed by atoms with E-state index in [-0.39, 0.29) is 10.7 Å². The molecule has 2 saturated heterocycles. The summed E-state index contributed by atoms with van der Waals surface area (Å²) in [5.41, 5.74) is 8.67. The van der Waals surface area contributed by atoms with E-state index in [0.29, 0.717) is 35.4 Å². The molecule has 4 heterocycles. The van der Waals surface area contributed by atoms with Gasteiger partial charge >= 0.3 is 0 Å². The zero-order chi connectivity index (χ0) is 21.3. The van der Waals surface area contributed by atoms with Gasteiger partial charge < -0.3 is 10.5 Å². The highest BCUT2D eigenvalue weighted by Crippen LogP contribution is 2.59. The first-order valence-corrected chi connectivity index (χ1v) is 13.2. The first-order valence-electron chi connectivity index (χ1n) is 11.3. The summed E-state index contributed by atoms with van der Waals surface area (Å²) < 4.78 is 31.9. The van der Waals surface area contributed by atoms with Gasteiger partial charge in [0.15, 0.2) is 9.84 Å². The van der Waals surface area contributed by atoms with Crippen LogP contribution in [0, 0.1) is 11.8 Å². The average Bonchev–Trinajstić information content (AvgIpc) is 3.17. The average molecular weight is 444 g/mol. The van der Waals surface area contributed by atoms with Crippen LogP contribution in [-0.2, 0) is 14.6 Å². The molecule has 0 bridgehead atoms. The third-order valence-electron chi connectivity index (χ3n) is 7.71. The molecule has 0 aromatic carbocycles. The maximum Gasteiger partial charge on any atom is 0.179 e. The highest BCUT2D eigenvalue weighted by molar-refractivity contribution is 7.90. The van der Waals surface area contributed by atoms with Gasteiger partial charge in [-0.05, 0) is 36.8 Å². The van der Waals surface area contributed by atoms with Gasteiger partial charge in [-0.2, -0.15) is 5.10 Å². The number of ether oxygens (including phenoxy) is 1. The third-order valence-corrected chi connectivity index (χ3v) is 8.84. The Kier molecular flexibility index (Phi) is 4.46. The number of pyridine rings is 1. The highest BCUT2D eigenvalue weighted by Gasteiger charge is 2.59. The van der Waals surface area contributed by atoms with Crippen LogP contribution in [0.15, 0.2) is 23.2 Å². The van der Waals surface area contributed by atoms with Crippen LogP contribution in [0.1, 0.15) is 43.3 Å². The van der Waals surface area contributed by atoms with Crippen LogP contribution in [0.5, 0.6) is 0 Å². The van der Waals surface area contributed by atoms with Crippen LogP contribution in [0.2, 0.25) is 0 Å². The first kappa shape index (κ1) is 19.7. The van der Waals surface area contributed by atoms with E-state index in [1.807, 2.05) is 0 Å². The quantitative estimate of drug-likeness (QED) is 0.755. The smallest absolute Gasteiger partial charge is 0.179 e. The van der Waals surface area contributed by atoms with Crippen LogP contribution < -0.4 is 5.73 Å². The summed E-state index contributed by atoms with van der Waals surface area (Å²) in [6.45, 7) is 4.05. The zero-order valence-electron chi connectivity index (χ0n) is 17.8. The number of nitrogen functional groups attached to an aromatic ring is 1. The number of hydrogen-bond donors (Lipinski definition) is 1. The standard InChI is InChI=1S/C22H29N5O3S/c1-31(28,29)20-6-13(8-24-22(20)23)18-7-19(27(25-18)14-4-2-3-5-14)21-16-9-26(10-17(16)21)15-11-30-12-15/h6-8,14-17,21H,2-5,9-12H2,1H3,(H2,23,24)/t16-,17+,21-. The Morgan fingerprint density at radius 3 is 2.42 bits per heavy atom. The van der Waals surface area contributed by atoms with Crippen LogP contribution in [0.25, 0.3) is 11.3 Å². The molecular weight excluding hydrogens is 414 g/mol. The van der Waals surface area contributed by atoms with Crippen molar-refractivity contribution in [3.05, 3.63) is 24.0 Å². The molecule has 2 N–H and O–H groups in total. The molecule has 0 spiro atoms. The van der Waals surface area contributed by atoms with E-state index in [2.05, 4.69) is 20.6 Å². The maximum atomic E-state index is 12.1. The molecule has 4 aliphatic rings. The molecule has 3 atom stereocenters. The van der Waals surface area contributed by atoms with Crippen molar-refractivity contribution in [3.63, 3.8) is 0 Å². The van der Waals surface area contributed by atoms with Crippen LogP contribution >= 0.6 is 0 Å². The van der Waals surface area contributed by atoms with E-state index in [0.717, 1.165) is 51.1 Å². The Morgan fingerprint density at radius 2 is 1.81 bits per heavy atom. The molecule has 2 saturated carbocycles. The molecule has 0 amide bonds. The van der Waals surface area contributed by atoms with Crippen molar-refractivity contribution in [2.75, 3.05) is 38.3 Å². The van der Waals surface area contributed by atoms with Gasteiger partial charge in [-0.1, -0.05) is 12.8 Å². The SMILES string of the molecule is CS(=O)(=O)c1cc(-c2cc([C@@H]3[C@@H]4CN(C5COC5)C[C@@H]43)n(C3CCCC3)n2)cnc1N. The Hall–Kier alpha value is -1.97. The predicted molar refractivity (Wildman–Crippen MR) is 116 cm³/mol. The summed E-state index contributed by atoms with van der Waals surface area (Å²) >= 11 is 0. The van der Waals surface area contributed by atoms with E-state index < -0.39 is 9.84 Å². The third kappa shape index (κ3) is 3.29. The second kappa shape index (κ2) is 7.02. The monoisotopic (exact) mass is 443 g/mol. The van der Waals surface area contributed by atoms with Gasteiger partial charge in [0.1, 0.15) is 10.7 Å². The maximum absolute atomic E-state index is 12.1. The van der Waals surface area contributed by atoms with Gasteiger partial charge in [0.25, 0.3) is 0 Å². The number of hydrogen-bond acceptors (Lipinski definition) is 7. The summed E-state index contributed by atoms with van der Waals surface area (Å²) in [4.78, 5) is 6.82. The van der Waals surface area contributed by atoms with Gasteiger partial charge in [-0.15, -0.1) is 0 Å². The lowest BCUT2D eigenvalue weighted by Gasteiger charge is -2.35. The topological polar surface area (TPSA) is 103 Å². The molecule has 8 nitrogen and oxygen atoms in total. The lowest BCUT2D eigenvalue weighted by atomic mass is 10.1. The number of piperidine rings is 1. The number of likely N-dealkylation sites (tertiary alicyclic amines) is 1. The van der Waals surface area contributed by atoms with E-state index in [9.17, 15) is 8.42 Å². The number of rotatable bonds is 5. The van der Waals surface area contributed by atoms with Gasteiger partial charge in [0.05, 0.1) is 31.0 Å². The molecule has 2 aliphatic carbocycles. The van der Waals surface area contributed by atoms with E-state index in [4.69, 9.17) is 15.6 Å². The molecule has 2 aliphatic heterocycles. The summed E-state index contributed by atoms with van der Waals surface area (Å²) in [6.07, 6.45) is 7.62. The van der Waals surface area contributed by atoms with Crippen molar-refractivity contribution in [1.29, 1.82) is 0 Å². The van der Waals surface area contributed by atoms with Crippen molar-refractivity contribution in [2.24, 2.45) is 11.8 Å². The van der Waals surface area contributed by atoms with E-state index >= 15 is 0 Å². The highest BCUT2D eigenvalue weighted by atomic mass is 32.2. The molecule has 166 valence electrons. The first-order chi connectivity index (χ1) is 14.9. The Labute approximate surface area is 182 Å². The van der Waals surface area contributed by atoms with E-state index in [1.165, 1.54) is 18.5 Å². The number of nitrogens with zero attached hydrogens (tertiary/aromatic N) is 4. The fraction of sp³-hybridized carbons (Fsp3) is 0.636. The molecule has 9 heteroatoms. The number of aromatic nitrogens is 3. The minimum atomic E-state index is -3.45. The second-order valence-corrected chi connectivity index (χ2v) is 11.7. The van der Waals surface area contributed by atoms with Crippen molar-refractivity contribution in [1.82, 2.24) is 19.7 Å². The van der Waals surface area contributed by atoms with Crippen molar-refractivity contribution in [3.8, 4) is 11.3 Å². The molecule has 4 fully saturated rings. The van der Waals surface area contributed by atoms with Crippen LogP contribution in [0.4, 0.5) is 5.82 Å². The normalized spacial score (nSPS) is 29.3. The molecular formula is C22H29N5O3S. The molecule has 31 heavy (non-hydrogen) atoms. The fourth-order valence-electron chi connectivity index (χ4n) is 5.86. The largest absolute Gasteiger partial charge is 0.383 e. The molecule has 0 radical (unpaired) electrons. The van der Waals surface area contributed by atoms with Gasteiger partial charge in [-0.25, -0.2) is 13.4 Å². The molecule has 2 aromatic heterocycles. The Morgan fingerprint density at radius 1 is 1.10 bits per heavy atom. The lowest BCUT2D eigenvalue weighted by Crippen LogP contribution is -2.48. The summed E-state index contributed by atoms with van der Waals surface area (Å²) in [5, 5.41) is 4.99. The number of nitrogens with two attached hydrogens (primary N) is 1. The zero-order valence-corrected chi connectivity index (χ0v) is 18.6.